The Balaban J connectivity index is 2.42. The summed E-state index contributed by atoms with van der Waals surface area (Å²) in [6.45, 7) is 5.04. The zero-order chi connectivity index (χ0) is 14.4. The molecular formula is C16H21N3O. The van der Waals surface area contributed by atoms with Crippen LogP contribution < -0.4 is 10.1 Å². The van der Waals surface area contributed by atoms with Gasteiger partial charge in [0, 0.05) is 24.6 Å². The molecule has 1 N–H and O–H groups in total. The first-order valence-corrected chi connectivity index (χ1v) is 7.03. The second-order valence-electron chi connectivity index (χ2n) is 4.57. The Morgan fingerprint density at radius 1 is 1.15 bits per heavy atom. The first-order chi connectivity index (χ1) is 9.76. The number of methoxy groups -OCH3 is 1. The fourth-order valence-electron chi connectivity index (χ4n) is 2.03. The number of nitrogens with zero attached hydrogens (tertiary/aromatic N) is 2. The average molecular weight is 271 g/mol. The topological polar surface area (TPSA) is 47.0 Å². The Hall–Kier alpha value is -2.10. The molecule has 0 fully saturated rings. The van der Waals surface area contributed by atoms with Gasteiger partial charge in [0.1, 0.15) is 17.4 Å². The van der Waals surface area contributed by atoms with Crippen molar-refractivity contribution in [3.63, 3.8) is 0 Å². The van der Waals surface area contributed by atoms with Gasteiger partial charge in [-0.05, 0) is 25.5 Å². The van der Waals surface area contributed by atoms with Gasteiger partial charge >= 0.3 is 0 Å². The SMILES string of the molecule is CCCc1nc(NCC)cc(-c2cccc(OC)c2)n1. The normalized spacial score (nSPS) is 10.3. The monoisotopic (exact) mass is 271 g/mol. The van der Waals surface area contributed by atoms with Gasteiger partial charge < -0.3 is 10.1 Å². The molecule has 1 heterocycles. The molecule has 0 atom stereocenters. The number of aryl methyl sites for hydroxylation is 1. The maximum absolute atomic E-state index is 5.27. The van der Waals surface area contributed by atoms with Gasteiger partial charge in [-0.25, -0.2) is 9.97 Å². The molecule has 2 aromatic rings. The third kappa shape index (κ3) is 3.47. The van der Waals surface area contributed by atoms with Crippen LogP contribution in [0.4, 0.5) is 5.82 Å². The lowest BCUT2D eigenvalue weighted by atomic mass is 10.1. The minimum Gasteiger partial charge on any atom is -0.497 e. The van der Waals surface area contributed by atoms with E-state index in [1.54, 1.807) is 7.11 Å². The predicted octanol–water partition coefficient (Wildman–Crippen LogP) is 3.54. The van der Waals surface area contributed by atoms with Crippen molar-refractivity contribution >= 4 is 5.82 Å². The number of ether oxygens (including phenoxy) is 1. The van der Waals surface area contributed by atoms with Gasteiger partial charge in [-0.3, -0.25) is 0 Å². The highest BCUT2D eigenvalue weighted by atomic mass is 16.5. The Morgan fingerprint density at radius 3 is 2.70 bits per heavy atom. The summed E-state index contributed by atoms with van der Waals surface area (Å²) in [5, 5.41) is 3.26. The molecule has 0 amide bonds. The van der Waals surface area contributed by atoms with Gasteiger partial charge in [0.25, 0.3) is 0 Å². The Bertz CT molecular complexity index is 545. The van der Waals surface area contributed by atoms with Crippen LogP contribution in [0.1, 0.15) is 26.1 Å². The first kappa shape index (κ1) is 14.3. The van der Waals surface area contributed by atoms with Crippen LogP contribution in [0.15, 0.2) is 30.3 Å². The molecule has 0 unspecified atom stereocenters. The van der Waals surface area contributed by atoms with Crippen LogP contribution >= 0.6 is 0 Å². The molecule has 0 bridgehead atoms. The summed E-state index contributed by atoms with van der Waals surface area (Å²) < 4.78 is 5.27. The molecule has 20 heavy (non-hydrogen) atoms. The molecule has 0 saturated heterocycles. The standard InChI is InChI=1S/C16H21N3O/c1-4-7-15-18-14(11-16(19-15)17-5-2)12-8-6-9-13(10-12)20-3/h6,8-11H,4-5,7H2,1-3H3,(H,17,18,19). The second-order valence-corrected chi connectivity index (χ2v) is 4.57. The van der Waals surface area contributed by atoms with E-state index in [-0.39, 0.29) is 0 Å². The molecule has 0 saturated carbocycles. The first-order valence-electron chi connectivity index (χ1n) is 7.03. The maximum atomic E-state index is 5.27. The van der Waals surface area contributed by atoms with Crippen LogP contribution in [0, 0.1) is 0 Å². The van der Waals surface area contributed by atoms with Gasteiger partial charge in [0.15, 0.2) is 0 Å². The van der Waals surface area contributed by atoms with Gasteiger partial charge in [-0.2, -0.15) is 0 Å². The van der Waals surface area contributed by atoms with Crippen molar-refractivity contribution in [2.45, 2.75) is 26.7 Å². The van der Waals surface area contributed by atoms with Gasteiger partial charge in [-0.15, -0.1) is 0 Å². The highest BCUT2D eigenvalue weighted by Crippen LogP contribution is 2.24. The van der Waals surface area contributed by atoms with Crippen LogP contribution in [0.5, 0.6) is 5.75 Å². The van der Waals surface area contributed by atoms with E-state index in [0.29, 0.717) is 0 Å². The number of hydrogen-bond donors (Lipinski definition) is 1. The summed E-state index contributed by atoms with van der Waals surface area (Å²) in [4.78, 5) is 9.17. The van der Waals surface area contributed by atoms with E-state index in [1.165, 1.54) is 0 Å². The molecule has 1 aromatic heterocycles. The van der Waals surface area contributed by atoms with Crippen LogP contribution in [0.25, 0.3) is 11.3 Å². The van der Waals surface area contributed by atoms with Crippen LogP contribution in [-0.2, 0) is 6.42 Å². The zero-order valence-corrected chi connectivity index (χ0v) is 12.3. The second kappa shape index (κ2) is 6.89. The van der Waals surface area contributed by atoms with Gasteiger partial charge in [0.05, 0.1) is 12.8 Å². The Kier molecular flexibility index (Phi) is 4.93. The minimum absolute atomic E-state index is 0.836. The molecule has 2 rings (SSSR count). The fraction of sp³-hybridized carbons (Fsp3) is 0.375. The fourth-order valence-corrected chi connectivity index (χ4v) is 2.03. The summed E-state index contributed by atoms with van der Waals surface area (Å²) in [5.74, 6) is 2.59. The summed E-state index contributed by atoms with van der Waals surface area (Å²) in [7, 11) is 1.67. The van der Waals surface area contributed by atoms with Crippen molar-refractivity contribution in [2.75, 3.05) is 19.0 Å². The van der Waals surface area contributed by atoms with Crippen LogP contribution in [0.3, 0.4) is 0 Å². The number of hydrogen-bond acceptors (Lipinski definition) is 4. The van der Waals surface area contributed by atoms with Crippen molar-refractivity contribution in [3.8, 4) is 17.0 Å². The number of rotatable bonds is 6. The smallest absolute Gasteiger partial charge is 0.131 e. The Labute approximate surface area is 120 Å². The molecule has 0 aliphatic heterocycles. The molecular weight excluding hydrogens is 250 g/mol. The predicted molar refractivity (Wildman–Crippen MR) is 82.2 cm³/mol. The lowest BCUT2D eigenvalue weighted by Gasteiger charge is -2.09. The van der Waals surface area contributed by atoms with E-state index in [4.69, 9.17) is 4.74 Å². The summed E-state index contributed by atoms with van der Waals surface area (Å²) >= 11 is 0. The third-order valence-corrected chi connectivity index (χ3v) is 2.97. The number of aromatic nitrogens is 2. The average Bonchev–Trinajstić information content (AvgIpc) is 2.48. The maximum Gasteiger partial charge on any atom is 0.131 e. The Morgan fingerprint density at radius 2 is 2.00 bits per heavy atom. The van der Waals surface area contributed by atoms with Gasteiger partial charge in [0.2, 0.25) is 0 Å². The highest BCUT2D eigenvalue weighted by molar-refractivity contribution is 5.64. The van der Waals surface area contributed by atoms with E-state index in [1.807, 2.05) is 30.3 Å². The number of anilines is 1. The summed E-state index contributed by atoms with van der Waals surface area (Å²) in [6.07, 6.45) is 1.92. The van der Waals surface area contributed by atoms with Crippen LogP contribution in [-0.4, -0.2) is 23.6 Å². The van der Waals surface area contributed by atoms with Crippen LogP contribution in [0.2, 0.25) is 0 Å². The molecule has 4 nitrogen and oxygen atoms in total. The summed E-state index contributed by atoms with van der Waals surface area (Å²) in [5.41, 5.74) is 1.97. The number of nitrogens with one attached hydrogen (secondary N) is 1. The molecule has 0 aliphatic carbocycles. The van der Waals surface area contributed by atoms with E-state index in [2.05, 4.69) is 29.1 Å². The lowest BCUT2D eigenvalue weighted by molar-refractivity contribution is 0.415. The van der Waals surface area contributed by atoms with E-state index in [9.17, 15) is 0 Å². The van der Waals surface area contributed by atoms with E-state index in [0.717, 1.165) is 48.0 Å². The quantitative estimate of drug-likeness (QED) is 0.873. The third-order valence-electron chi connectivity index (χ3n) is 2.97. The molecule has 0 spiro atoms. The molecule has 0 aliphatic rings. The van der Waals surface area contributed by atoms with Gasteiger partial charge in [-0.1, -0.05) is 19.1 Å². The largest absolute Gasteiger partial charge is 0.497 e. The molecule has 4 heteroatoms. The number of benzene rings is 1. The molecule has 106 valence electrons. The van der Waals surface area contributed by atoms with E-state index >= 15 is 0 Å². The highest BCUT2D eigenvalue weighted by Gasteiger charge is 2.07. The van der Waals surface area contributed by atoms with Crippen molar-refractivity contribution in [1.29, 1.82) is 0 Å². The molecule has 0 radical (unpaired) electrons. The summed E-state index contributed by atoms with van der Waals surface area (Å²) in [6, 6.07) is 9.92. The molecule has 1 aromatic carbocycles. The van der Waals surface area contributed by atoms with Crippen molar-refractivity contribution in [2.24, 2.45) is 0 Å². The van der Waals surface area contributed by atoms with E-state index < -0.39 is 0 Å². The van der Waals surface area contributed by atoms with Crippen molar-refractivity contribution in [3.05, 3.63) is 36.2 Å². The van der Waals surface area contributed by atoms with Crippen molar-refractivity contribution < 1.29 is 4.74 Å². The zero-order valence-electron chi connectivity index (χ0n) is 12.3. The lowest BCUT2D eigenvalue weighted by Crippen LogP contribution is -2.04. The minimum atomic E-state index is 0.836. The van der Waals surface area contributed by atoms with Crippen molar-refractivity contribution in [1.82, 2.24) is 9.97 Å².